The summed E-state index contributed by atoms with van der Waals surface area (Å²) in [6.07, 6.45) is 1.86. The summed E-state index contributed by atoms with van der Waals surface area (Å²) in [7, 11) is 2.04. The van der Waals surface area contributed by atoms with Gasteiger partial charge in [-0.1, -0.05) is 35.3 Å². The van der Waals surface area contributed by atoms with E-state index in [1.165, 1.54) is 5.01 Å². The van der Waals surface area contributed by atoms with Crippen LogP contribution in [-0.2, 0) is 4.79 Å². The van der Waals surface area contributed by atoms with Crippen LogP contribution in [0.3, 0.4) is 0 Å². The minimum atomic E-state index is -0.185. The molecule has 1 aliphatic rings. The predicted molar refractivity (Wildman–Crippen MR) is 110 cm³/mol. The van der Waals surface area contributed by atoms with Gasteiger partial charge in [-0.25, -0.2) is 0 Å². The van der Waals surface area contributed by atoms with Gasteiger partial charge < -0.3 is 4.90 Å². The topological polar surface area (TPSA) is 35.9 Å². The Morgan fingerprint density at radius 2 is 1.81 bits per heavy atom. The lowest BCUT2D eigenvalue weighted by Crippen LogP contribution is -2.21. The van der Waals surface area contributed by atoms with Gasteiger partial charge in [-0.05, 0) is 55.8 Å². The second kappa shape index (κ2) is 7.52. The Bertz CT molecular complexity index is 904. The van der Waals surface area contributed by atoms with Crippen LogP contribution in [0, 0.1) is 0 Å². The first kappa shape index (κ1) is 18.5. The highest BCUT2D eigenvalue weighted by molar-refractivity contribution is 6.42. The lowest BCUT2D eigenvalue weighted by Gasteiger charge is -2.16. The molecule has 0 saturated carbocycles. The maximum atomic E-state index is 12.8. The largest absolute Gasteiger partial charge is 0.375 e. The van der Waals surface area contributed by atoms with Crippen LogP contribution in [0.2, 0.25) is 10.0 Å². The van der Waals surface area contributed by atoms with Crippen molar-refractivity contribution in [3.05, 3.63) is 63.6 Å². The molecule has 134 valence electrons. The van der Waals surface area contributed by atoms with Gasteiger partial charge in [0, 0.05) is 19.3 Å². The molecule has 2 aromatic rings. The van der Waals surface area contributed by atoms with Gasteiger partial charge in [0.1, 0.15) is 0 Å². The molecule has 0 saturated heterocycles. The molecule has 0 aliphatic carbocycles. The molecule has 0 atom stereocenters. The molecule has 0 unspecified atom stereocenters. The highest BCUT2D eigenvalue weighted by Crippen LogP contribution is 2.31. The fourth-order valence-corrected chi connectivity index (χ4v) is 2.94. The smallest absolute Gasteiger partial charge is 0.280 e. The van der Waals surface area contributed by atoms with Crippen molar-refractivity contribution in [1.82, 2.24) is 0 Å². The molecular formula is C20H19Cl2N3O. The predicted octanol–water partition coefficient (Wildman–Crippen LogP) is 5.26. The number of nitrogens with zero attached hydrogens (tertiary/aromatic N) is 3. The van der Waals surface area contributed by atoms with Crippen molar-refractivity contribution in [3.8, 4) is 0 Å². The van der Waals surface area contributed by atoms with E-state index in [0.717, 1.165) is 17.8 Å². The Balaban J connectivity index is 1.87. The number of hydrogen-bond acceptors (Lipinski definition) is 3. The molecule has 0 N–H and O–H groups in total. The summed E-state index contributed by atoms with van der Waals surface area (Å²) in [5.41, 5.74) is 3.90. The van der Waals surface area contributed by atoms with Gasteiger partial charge in [0.2, 0.25) is 0 Å². The number of carbonyl (C=O) groups excluding carboxylic acids is 1. The van der Waals surface area contributed by atoms with Gasteiger partial charge in [-0.2, -0.15) is 10.1 Å². The summed E-state index contributed by atoms with van der Waals surface area (Å²) in [6, 6.07) is 13.1. The number of rotatable bonds is 4. The molecule has 0 fully saturated rings. The summed E-state index contributed by atoms with van der Waals surface area (Å²) in [4.78, 5) is 14.9. The molecule has 1 amide bonds. The van der Waals surface area contributed by atoms with Crippen molar-refractivity contribution < 1.29 is 4.79 Å². The number of halogens is 2. The lowest BCUT2D eigenvalue weighted by molar-refractivity contribution is -0.114. The zero-order chi connectivity index (χ0) is 18.8. The molecule has 3 rings (SSSR count). The van der Waals surface area contributed by atoms with Gasteiger partial charge in [0.05, 0.1) is 27.0 Å². The van der Waals surface area contributed by atoms with Crippen molar-refractivity contribution in [1.29, 1.82) is 0 Å². The maximum Gasteiger partial charge on any atom is 0.280 e. The number of anilines is 2. The molecule has 26 heavy (non-hydrogen) atoms. The Labute approximate surface area is 163 Å². The molecule has 6 heteroatoms. The molecule has 0 aromatic heterocycles. The average Bonchev–Trinajstić information content (AvgIpc) is 2.92. The van der Waals surface area contributed by atoms with Gasteiger partial charge in [-0.15, -0.1) is 0 Å². The second-order valence-corrected chi connectivity index (χ2v) is 6.88. The summed E-state index contributed by atoms with van der Waals surface area (Å²) < 4.78 is 0. The summed E-state index contributed by atoms with van der Waals surface area (Å²) >= 11 is 12.0. The van der Waals surface area contributed by atoms with E-state index < -0.39 is 0 Å². The van der Waals surface area contributed by atoms with Crippen LogP contribution in [0.5, 0.6) is 0 Å². The Kier molecular flexibility index (Phi) is 5.35. The van der Waals surface area contributed by atoms with E-state index in [9.17, 15) is 4.79 Å². The van der Waals surface area contributed by atoms with E-state index >= 15 is 0 Å². The van der Waals surface area contributed by atoms with E-state index in [-0.39, 0.29) is 5.91 Å². The first-order valence-corrected chi connectivity index (χ1v) is 9.04. The maximum absolute atomic E-state index is 12.8. The summed E-state index contributed by atoms with van der Waals surface area (Å²) in [6.45, 7) is 4.86. The Morgan fingerprint density at radius 1 is 1.12 bits per heavy atom. The first-order valence-electron chi connectivity index (χ1n) is 8.28. The third kappa shape index (κ3) is 3.62. The number of amides is 1. The van der Waals surface area contributed by atoms with Crippen molar-refractivity contribution >= 4 is 52.3 Å². The van der Waals surface area contributed by atoms with Gasteiger partial charge in [0.15, 0.2) is 0 Å². The van der Waals surface area contributed by atoms with Crippen molar-refractivity contribution in [3.63, 3.8) is 0 Å². The lowest BCUT2D eigenvalue weighted by atomic mass is 10.1. The van der Waals surface area contributed by atoms with Crippen LogP contribution >= 0.6 is 23.2 Å². The van der Waals surface area contributed by atoms with E-state index in [1.807, 2.05) is 44.3 Å². The molecule has 2 aromatic carbocycles. The van der Waals surface area contributed by atoms with Crippen LogP contribution in [-0.4, -0.2) is 25.2 Å². The van der Waals surface area contributed by atoms with E-state index in [2.05, 4.69) is 16.9 Å². The highest BCUT2D eigenvalue weighted by Gasteiger charge is 2.29. The van der Waals surface area contributed by atoms with Crippen LogP contribution in [0.15, 0.2) is 53.1 Å². The summed E-state index contributed by atoms with van der Waals surface area (Å²) in [5.74, 6) is -0.185. The number of hydrazone groups is 1. The van der Waals surface area contributed by atoms with E-state index in [0.29, 0.717) is 27.0 Å². The van der Waals surface area contributed by atoms with Gasteiger partial charge in [0.25, 0.3) is 5.91 Å². The van der Waals surface area contributed by atoms with Crippen molar-refractivity contribution in [2.24, 2.45) is 5.10 Å². The second-order valence-electron chi connectivity index (χ2n) is 6.06. The Hall–Kier alpha value is -2.30. The standard InChI is InChI=1S/C20H19Cl2N3O/c1-4-24(3)15-7-5-14(6-8-15)11-17-13(2)23-25(20(17)26)16-9-10-18(21)19(22)12-16/h5-12H,4H2,1-3H3. The molecule has 4 nitrogen and oxygen atoms in total. The van der Waals surface area contributed by atoms with E-state index in [4.69, 9.17) is 23.2 Å². The minimum Gasteiger partial charge on any atom is -0.375 e. The fraction of sp³-hybridized carbons (Fsp3) is 0.200. The number of benzene rings is 2. The Morgan fingerprint density at radius 3 is 2.42 bits per heavy atom. The number of hydrogen-bond donors (Lipinski definition) is 0. The monoisotopic (exact) mass is 387 g/mol. The van der Waals surface area contributed by atoms with E-state index in [1.54, 1.807) is 18.2 Å². The minimum absolute atomic E-state index is 0.185. The third-order valence-corrected chi connectivity index (χ3v) is 5.07. The highest BCUT2D eigenvalue weighted by atomic mass is 35.5. The molecule has 1 heterocycles. The molecule has 0 bridgehead atoms. The molecule has 0 spiro atoms. The first-order chi connectivity index (χ1) is 12.4. The van der Waals surface area contributed by atoms with Crippen LogP contribution < -0.4 is 9.91 Å². The zero-order valence-electron chi connectivity index (χ0n) is 14.8. The SMILES string of the molecule is CCN(C)c1ccc(C=C2C(=O)N(c3ccc(Cl)c(Cl)c3)N=C2C)cc1. The molecular weight excluding hydrogens is 369 g/mol. The van der Waals surface area contributed by atoms with Gasteiger partial charge >= 0.3 is 0 Å². The van der Waals surface area contributed by atoms with Gasteiger partial charge in [-0.3, -0.25) is 4.79 Å². The van der Waals surface area contributed by atoms with Crippen LogP contribution in [0.25, 0.3) is 6.08 Å². The van der Waals surface area contributed by atoms with Crippen LogP contribution in [0.1, 0.15) is 19.4 Å². The fourth-order valence-electron chi connectivity index (χ4n) is 2.65. The number of carbonyl (C=O) groups is 1. The van der Waals surface area contributed by atoms with Crippen molar-refractivity contribution in [2.45, 2.75) is 13.8 Å². The normalized spacial score (nSPS) is 15.6. The third-order valence-electron chi connectivity index (χ3n) is 4.33. The molecule has 1 aliphatic heterocycles. The zero-order valence-corrected chi connectivity index (χ0v) is 16.3. The quantitative estimate of drug-likeness (QED) is 0.671. The van der Waals surface area contributed by atoms with Crippen molar-refractivity contribution in [2.75, 3.05) is 23.5 Å². The average molecular weight is 388 g/mol. The summed E-state index contributed by atoms with van der Waals surface area (Å²) in [5, 5.41) is 6.55. The molecule has 0 radical (unpaired) electrons. The van der Waals surface area contributed by atoms with Crippen LogP contribution in [0.4, 0.5) is 11.4 Å².